The number of benzene rings is 2. The van der Waals surface area contributed by atoms with Crippen LogP contribution in [0.4, 0.5) is 15.8 Å². The van der Waals surface area contributed by atoms with E-state index >= 15 is 0 Å². The molecule has 0 aliphatic heterocycles. The van der Waals surface area contributed by atoms with Gasteiger partial charge in [-0.25, -0.2) is 22.4 Å². The maximum atomic E-state index is 14.0. The average molecular weight is 466 g/mol. The molecule has 0 aliphatic rings. The van der Waals surface area contributed by atoms with Crippen LogP contribution in [0.5, 0.6) is 0 Å². The average Bonchev–Trinajstić information content (AvgIpc) is 2.75. The first-order chi connectivity index (χ1) is 15.1. The van der Waals surface area contributed by atoms with Gasteiger partial charge in [0, 0.05) is 18.7 Å². The summed E-state index contributed by atoms with van der Waals surface area (Å²) in [7, 11) is -1.42. The molecule has 0 atom stereocenters. The third-order valence-electron chi connectivity index (χ3n) is 4.35. The molecule has 0 saturated carbocycles. The Labute approximate surface area is 185 Å². The van der Waals surface area contributed by atoms with Crippen LogP contribution in [0.1, 0.15) is 33.6 Å². The van der Waals surface area contributed by atoms with Crippen LogP contribution in [0.3, 0.4) is 0 Å². The van der Waals surface area contributed by atoms with Gasteiger partial charge in [0.25, 0.3) is 0 Å². The lowest BCUT2D eigenvalue weighted by atomic mass is 10.1. The van der Waals surface area contributed by atoms with E-state index < -0.39 is 33.7 Å². The van der Waals surface area contributed by atoms with Crippen molar-refractivity contribution in [1.82, 2.24) is 0 Å². The summed E-state index contributed by atoms with van der Waals surface area (Å²) in [5.74, 6) is -2.61. The van der Waals surface area contributed by atoms with E-state index in [0.29, 0.717) is 0 Å². The molecule has 0 aromatic heterocycles. The van der Waals surface area contributed by atoms with Gasteiger partial charge in [0.15, 0.2) is 0 Å². The van der Waals surface area contributed by atoms with Crippen LogP contribution in [0.2, 0.25) is 0 Å². The van der Waals surface area contributed by atoms with Crippen LogP contribution >= 0.6 is 0 Å². The fourth-order valence-electron chi connectivity index (χ4n) is 2.90. The number of carbonyl (C=O) groups is 3. The SMILES string of the molecule is COC(=O)c1cc(NC(=O)CCCN(c2ccccc2F)S(C)(=O)=O)cc(C(=O)OC)c1. The van der Waals surface area contributed by atoms with Crippen LogP contribution < -0.4 is 9.62 Å². The van der Waals surface area contributed by atoms with Crippen LogP contribution in [0.15, 0.2) is 42.5 Å². The van der Waals surface area contributed by atoms with Crippen molar-refractivity contribution in [3.05, 3.63) is 59.4 Å². The first-order valence-electron chi connectivity index (χ1n) is 9.40. The van der Waals surface area contributed by atoms with Gasteiger partial charge in [-0.05, 0) is 36.8 Å². The predicted octanol–water partition coefficient (Wildman–Crippen LogP) is 2.58. The highest BCUT2D eigenvalue weighted by atomic mass is 32.2. The summed E-state index contributed by atoms with van der Waals surface area (Å²) in [5, 5.41) is 2.55. The van der Waals surface area contributed by atoms with Gasteiger partial charge in [-0.3, -0.25) is 9.10 Å². The second kappa shape index (κ2) is 10.7. The van der Waals surface area contributed by atoms with Crippen LogP contribution in [0.25, 0.3) is 0 Å². The molecule has 0 bridgehead atoms. The summed E-state index contributed by atoms with van der Waals surface area (Å²) in [5.41, 5.74) is 0.123. The molecule has 0 heterocycles. The smallest absolute Gasteiger partial charge is 0.337 e. The van der Waals surface area contributed by atoms with Crippen molar-refractivity contribution in [3.8, 4) is 0 Å². The third kappa shape index (κ3) is 6.51. The van der Waals surface area contributed by atoms with Crippen molar-refractivity contribution < 1.29 is 36.7 Å². The summed E-state index contributed by atoms with van der Waals surface area (Å²) in [6.45, 7) is -0.122. The molecule has 2 rings (SSSR count). The number of amides is 1. The Morgan fingerprint density at radius 1 is 1.00 bits per heavy atom. The number of ether oxygens (including phenoxy) is 2. The van der Waals surface area contributed by atoms with E-state index in [4.69, 9.17) is 0 Å². The van der Waals surface area contributed by atoms with Gasteiger partial charge >= 0.3 is 11.9 Å². The molecule has 0 unspecified atom stereocenters. The first kappa shape index (κ1) is 24.8. The zero-order chi connectivity index (χ0) is 23.9. The van der Waals surface area contributed by atoms with Crippen molar-refractivity contribution in [2.45, 2.75) is 12.8 Å². The summed E-state index contributed by atoms with van der Waals surface area (Å²) < 4.78 is 48.4. The number of rotatable bonds is 9. The molecule has 2 aromatic rings. The molecule has 0 spiro atoms. The van der Waals surface area contributed by atoms with E-state index in [9.17, 15) is 27.2 Å². The number of carbonyl (C=O) groups excluding carboxylic acids is 3. The van der Waals surface area contributed by atoms with Crippen molar-refractivity contribution in [3.63, 3.8) is 0 Å². The fraction of sp³-hybridized carbons (Fsp3) is 0.286. The maximum Gasteiger partial charge on any atom is 0.337 e. The van der Waals surface area contributed by atoms with E-state index in [0.717, 1.165) is 16.6 Å². The molecule has 0 fully saturated rings. The maximum absolute atomic E-state index is 14.0. The molecule has 0 saturated heterocycles. The number of anilines is 2. The highest BCUT2D eigenvalue weighted by molar-refractivity contribution is 7.92. The molecule has 0 radical (unpaired) electrons. The van der Waals surface area contributed by atoms with Gasteiger partial charge in [-0.1, -0.05) is 12.1 Å². The molecule has 172 valence electrons. The zero-order valence-electron chi connectivity index (χ0n) is 17.8. The van der Waals surface area contributed by atoms with Crippen molar-refractivity contribution in [2.24, 2.45) is 0 Å². The summed E-state index contributed by atoms with van der Waals surface area (Å²) in [6.07, 6.45) is 0.941. The van der Waals surface area contributed by atoms with Crippen LogP contribution in [-0.2, 0) is 24.3 Å². The fourth-order valence-corrected chi connectivity index (χ4v) is 3.86. The number of methoxy groups -OCH3 is 2. The Hall–Kier alpha value is -3.47. The Balaban J connectivity index is 2.11. The molecule has 0 aliphatic carbocycles. The summed E-state index contributed by atoms with van der Waals surface area (Å²) in [4.78, 5) is 36.0. The quantitative estimate of drug-likeness (QED) is 0.564. The Kier molecular flexibility index (Phi) is 8.30. The lowest BCUT2D eigenvalue weighted by Gasteiger charge is -2.22. The number of hydrogen-bond acceptors (Lipinski definition) is 7. The molecule has 11 heteroatoms. The topological polar surface area (TPSA) is 119 Å². The number of hydrogen-bond donors (Lipinski definition) is 1. The van der Waals surface area contributed by atoms with Gasteiger partial charge in [0.05, 0.1) is 37.3 Å². The standard InChI is InChI=1S/C21H23FN2O7S/c1-30-20(26)14-11-15(21(27)31-2)13-16(12-14)23-19(25)9-6-10-24(32(3,28)29)18-8-5-4-7-17(18)22/h4-5,7-8,11-13H,6,9-10H2,1-3H3,(H,23,25). The molecule has 32 heavy (non-hydrogen) atoms. The number of esters is 2. The summed E-state index contributed by atoms with van der Waals surface area (Å²) >= 11 is 0. The van der Waals surface area contributed by atoms with E-state index in [-0.39, 0.29) is 41.9 Å². The lowest BCUT2D eigenvalue weighted by Crippen LogP contribution is -2.32. The van der Waals surface area contributed by atoms with E-state index in [1.807, 2.05) is 0 Å². The third-order valence-corrected chi connectivity index (χ3v) is 5.53. The Morgan fingerprint density at radius 3 is 2.06 bits per heavy atom. The second-order valence-corrected chi connectivity index (χ2v) is 8.63. The highest BCUT2D eigenvalue weighted by Crippen LogP contribution is 2.22. The van der Waals surface area contributed by atoms with Gasteiger partial charge in [0.2, 0.25) is 15.9 Å². The first-order valence-corrected chi connectivity index (χ1v) is 11.3. The van der Waals surface area contributed by atoms with E-state index in [1.165, 1.54) is 50.6 Å². The minimum absolute atomic E-state index is 0.0357. The number of nitrogens with zero attached hydrogens (tertiary/aromatic N) is 1. The number of para-hydroxylation sites is 1. The number of halogens is 1. The van der Waals surface area contributed by atoms with Gasteiger partial charge in [0.1, 0.15) is 5.82 Å². The minimum Gasteiger partial charge on any atom is -0.465 e. The zero-order valence-corrected chi connectivity index (χ0v) is 18.6. The largest absolute Gasteiger partial charge is 0.465 e. The molecule has 9 nitrogen and oxygen atoms in total. The van der Waals surface area contributed by atoms with Crippen molar-refractivity contribution in [1.29, 1.82) is 0 Å². The minimum atomic E-state index is -3.77. The van der Waals surface area contributed by atoms with E-state index in [2.05, 4.69) is 14.8 Å². The number of nitrogens with one attached hydrogen (secondary N) is 1. The van der Waals surface area contributed by atoms with Crippen molar-refractivity contribution in [2.75, 3.05) is 36.6 Å². The Morgan fingerprint density at radius 2 is 1.56 bits per heavy atom. The normalized spacial score (nSPS) is 10.9. The molecule has 2 aromatic carbocycles. The Bertz CT molecular complexity index is 1080. The monoisotopic (exact) mass is 466 g/mol. The van der Waals surface area contributed by atoms with Crippen LogP contribution in [0, 0.1) is 5.82 Å². The number of sulfonamides is 1. The van der Waals surface area contributed by atoms with Crippen LogP contribution in [-0.4, -0.2) is 53.3 Å². The molecule has 1 amide bonds. The van der Waals surface area contributed by atoms with Gasteiger partial charge < -0.3 is 14.8 Å². The molecular weight excluding hydrogens is 443 g/mol. The predicted molar refractivity (Wildman–Crippen MR) is 116 cm³/mol. The van der Waals surface area contributed by atoms with Gasteiger partial charge in [-0.15, -0.1) is 0 Å². The van der Waals surface area contributed by atoms with Gasteiger partial charge in [-0.2, -0.15) is 0 Å². The summed E-state index contributed by atoms with van der Waals surface area (Å²) in [6, 6.07) is 9.37. The lowest BCUT2D eigenvalue weighted by molar-refractivity contribution is -0.116. The highest BCUT2D eigenvalue weighted by Gasteiger charge is 2.21. The van der Waals surface area contributed by atoms with Crippen molar-refractivity contribution >= 4 is 39.2 Å². The van der Waals surface area contributed by atoms with E-state index in [1.54, 1.807) is 0 Å². The molecule has 1 N–H and O–H groups in total. The second-order valence-electron chi connectivity index (χ2n) is 6.72. The molecular formula is C21H23FN2O7S.